The molecule has 8 nitrogen and oxygen atoms in total. The number of nitrogens with one attached hydrogen (secondary N) is 3. The van der Waals surface area contributed by atoms with Gasteiger partial charge in [-0.2, -0.15) is 5.10 Å². The van der Waals surface area contributed by atoms with Crippen molar-refractivity contribution in [3.8, 4) is 5.75 Å². The van der Waals surface area contributed by atoms with Gasteiger partial charge in [-0.05, 0) is 79.1 Å². The third-order valence-corrected chi connectivity index (χ3v) is 4.94. The van der Waals surface area contributed by atoms with Crippen molar-refractivity contribution >= 4 is 46.9 Å². The summed E-state index contributed by atoms with van der Waals surface area (Å²) in [6.45, 7) is 3.53. The van der Waals surface area contributed by atoms with Crippen molar-refractivity contribution in [3.05, 3.63) is 88.4 Å². The first-order valence-electron chi connectivity index (χ1n) is 10.3. The highest BCUT2D eigenvalue weighted by atomic mass is 35.5. The van der Waals surface area contributed by atoms with E-state index in [0.29, 0.717) is 27.7 Å². The van der Waals surface area contributed by atoms with Crippen LogP contribution in [0.1, 0.15) is 16.7 Å². The lowest BCUT2D eigenvalue weighted by Crippen LogP contribution is -2.32. The Hall–Kier alpha value is -4.17. The molecule has 0 spiro atoms. The zero-order valence-electron chi connectivity index (χ0n) is 18.6. The lowest BCUT2D eigenvalue weighted by atomic mass is 10.1. The van der Waals surface area contributed by atoms with Gasteiger partial charge in [-0.1, -0.05) is 29.8 Å². The first-order chi connectivity index (χ1) is 16.3. The lowest BCUT2D eigenvalue weighted by molar-refractivity contribution is -0.136. The van der Waals surface area contributed by atoms with Crippen molar-refractivity contribution in [2.24, 2.45) is 5.10 Å². The number of rotatable bonds is 7. The number of hydrazone groups is 1. The van der Waals surface area contributed by atoms with Crippen molar-refractivity contribution in [2.75, 3.05) is 17.2 Å². The number of aryl methyl sites for hydroxylation is 2. The van der Waals surface area contributed by atoms with Crippen molar-refractivity contribution < 1.29 is 19.1 Å². The molecule has 0 saturated heterocycles. The summed E-state index contributed by atoms with van der Waals surface area (Å²) in [4.78, 5) is 36.1. The second-order valence-corrected chi connectivity index (χ2v) is 7.77. The van der Waals surface area contributed by atoms with E-state index < -0.39 is 11.8 Å². The molecule has 3 N–H and O–H groups in total. The molecular formula is C25H23ClN4O4. The van der Waals surface area contributed by atoms with Crippen LogP contribution in [0.25, 0.3) is 0 Å². The van der Waals surface area contributed by atoms with Crippen molar-refractivity contribution in [3.63, 3.8) is 0 Å². The highest BCUT2D eigenvalue weighted by Crippen LogP contribution is 2.19. The molecule has 0 aliphatic carbocycles. The van der Waals surface area contributed by atoms with Crippen LogP contribution in [0.2, 0.25) is 5.02 Å². The smallest absolute Gasteiger partial charge is 0.329 e. The van der Waals surface area contributed by atoms with E-state index >= 15 is 0 Å². The predicted octanol–water partition coefficient (Wildman–Crippen LogP) is 4.06. The maximum atomic E-state index is 12.1. The maximum absolute atomic E-state index is 12.1. The van der Waals surface area contributed by atoms with E-state index in [2.05, 4.69) is 21.2 Å². The van der Waals surface area contributed by atoms with Gasteiger partial charge in [0.1, 0.15) is 5.75 Å². The number of amides is 3. The number of carbonyl (C=O) groups is 3. The van der Waals surface area contributed by atoms with Crippen LogP contribution in [0.15, 0.2) is 71.8 Å². The van der Waals surface area contributed by atoms with Crippen LogP contribution < -0.4 is 20.8 Å². The zero-order chi connectivity index (χ0) is 24.5. The van der Waals surface area contributed by atoms with Gasteiger partial charge < -0.3 is 15.4 Å². The third-order valence-electron chi connectivity index (χ3n) is 4.68. The molecule has 0 aliphatic rings. The lowest BCUT2D eigenvalue weighted by Gasteiger charge is -2.10. The van der Waals surface area contributed by atoms with Crippen LogP contribution >= 0.6 is 11.6 Å². The van der Waals surface area contributed by atoms with E-state index in [1.807, 2.05) is 32.0 Å². The summed E-state index contributed by atoms with van der Waals surface area (Å²) in [5.41, 5.74) is 5.79. The molecule has 0 bridgehead atoms. The third kappa shape index (κ3) is 7.18. The van der Waals surface area contributed by atoms with Gasteiger partial charge in [0.2, 0.25) is 0 Å². The van der Waals surface area contributed by atoms with Crippen LogP contribution in [0, 0.1) is 13.8 Å². The van der Waals surface area contributed by atoms with Gasteiger partial charge in [-0.15, -0.1) is 0 Å². The average Bonchev–Trinajstić information content (AvgIpc) is 2.82. The fraction of sp³-hybridized carbons (Fsp3) is 0.120. The van der Waals surface area contributed by atoms with E-state index in [-0.39, 0.29) is 12.5 Å². The molecule has 0 radical (unpaired) electrons. The summed E-state index contributed by atoms with van der Waals surface area (Å²) in [5.74, 6) is -1.52. The molecule has 0 saturated carbocycles. The molecule has 0 unspecified atom stereocenters. The topological polar surface area (TPSA) is 109 Å². The molecule has 3 rings (SSSR count). The number of hydrogen-bond donors (Lipinski definition) is 3. The Bertz CT molecular complexity index is 1190. The Labute approximate surface area is 202 Å². The van der Waals surface area contributed by atoms with Gasteiger partial charge in [-0.3, -0.25) is 14.4 Å². The molecule has 3 aromatic rings. The Morgan fingerprint density at radius 1 is 0.882 bits per heavy atom. The van der Waals surface area contributed by atoms with Gasteiger partial charge in [0.05, 0.1) is 6.21 Å². The zero-order valence-corrected chi connectivity index (χ0v) is 19.3. The molecule has 9 heteroatoms. The monoisotopic (exact) mass is 478 g/mol. The van der Waals surface area contributed by atoms with Crippen LogP contribution in [0.4, 0.5) is 11.4 Å². The van der Waals surface area contributed by atoms with Gasteiger partial charge in [0.25, 0.3) is 5.91 Å². The Morgan fingerprint density at radius 3 is 2.18 bits per heavy atom. The normalized spacial score (nSPS) is 10.6. The number of halogens is 1. The van der Waals surface area contributed by atoms with Crippen molar-refractivity contribution in [1.82, 2.24) is 5.43 Å². The standard InChI is InChI=1S/C25H23ClN4O4/c1-16-4-3-5-17(2)23(16)29-24(32)25(33)30-27-14-18-6-12-21(13-7-18)34-15-22(31)28-20-10-8-19(26)9-11-20/h3-14H,15H2,1-2H3,(H,28,31)(H,29,32)(H,30,33)/b27-14-. The van der Waals surface area contributed by atoms with E-state index in [4.69, 9.17) is 16.3 Å². The quantitative estimate of drug-likeness (QED) is 0.270. The molecule has 174 valence electrons. The second kappa shape index (κ2) is 11.6. The first kappa shape index (κ1) is 24.5. The molecule has 3 aromatic carbocycles. The van der Waals surface area contributed by atoms with E-state index in [1.165, 1.54) is 6.21 Å². The number of anilines is 2. The van der Waals surface area contributed by atoms with Crippen LogP contribution in [0.5, 0.6) is 5.75 Å². The van der Waals surface area contributed by atoms with Gasteiger partial charge >= 0.3 is 11.8 Å². The highest BCUT2D eigenvalue weighted by molar-refractivity contribution is 6.39. The molecule has 0 heterocycles. The van der Waals surface area contributed by atoms with Gasteiger partial charge in [-0.25, -0.2) is 5.43 Å². The number of nitrogens with zero attached hydrogens (tertiary/aromatic N) is 1. The van der Waals surface area contributed by atoms with E-state index in [1.54, 1.807) is 48.5 Å². The molecular weight excluding hydrogens is 456 g/mol. The minimum absolute atomic E-state index is 0.165. The summed E-state index contributed by atoms with van der Waals surface area (Å²) < 4.78 is 5.46. The fourth-order valence-corrected chi connectivity index (χ4v) is 3.05. The molecule has 0 atom stereocenters. The van der Waals surface area contributed by atoms with E-state index in [0.717, 1.165) is 11.1 Å². The summed E-state index contributed by atoms with van der Waals surface area (Å²) in [6.07, 6.45) is 1.39. The summed E-state index contributed by atoms with van der Waals surface area (Å²) in [6, 6.07) is 19.0. The molecule has 34 heavy (non-hydrogen) atoms. The average molecular weight is 479 g/mol. The largest absolute Gasteiger partial charge is 0.484 e. The number of ether oxygens (including phenoxy) is 1. The van der Waals surface area contributed by atoms with Gasteiger partial charge in [0, 0.05) is 16.4 Å². The highest BCUT2D eigenvalue weighted by Gasteiger charge is 2.15. The van der Waals surface area contributed by atoms with Crippen LogP contribution in [0.3, 0.4) is 0 Å². The minimum atomic E-state index is -0.884. The number of benzene rings is 3. The summed E-state index contributed by atoms with van der Waals surface area (Å²) in [7, 11) is 0. The molecule has 3 amide bonds. The molecule has 0 fully saturated rings. The SMILES string of the molecule is Cc1cccc(C)c1NC(=O)C(=O)N/N=C\c1ccc(OCC(=O)Nc2ccc(Cl)cc2)cc1. The molecule has 0 aliphatic heterocycles. The van der Waals surface area contributed by atoms with Crippen molar-refractivity contribution in [2.45, 2.75) is 13.8 Å². The number of para-hydroxylation sites is 1. The van der Waals surface area contributed by atoms with Crippen LogP contribution in [-0.4, -0.2) is 30.5 Å². The van der Waals surface area contributed by atoms with E-state index in [9.17, 15) is 14.4 Å². The number of hydrogen-bond acceptors (Lipinski definition) is 5. The second-order valence-electron chi connectivity index (χ2n) is 7.33. The number of carbonyl (C=O) groups excluding carboxylic acids is 3. The van der Waals surface area contributed by atoms with Crippen molar-refractivity contribution in [1.29, 1.82) is 0 Å². The Morgan fingerprint density at radius 2 is 1.53 bits per heavy atom. The maximum Gasteiger partial charge on any atom is 0.329 e. The fourth-order valence-electron chi connectivity index (χ4n) is 2.93. The van der Waals surface area contributed by atoms with Crippen LogP contribution in [-0.2, 0) is 14.4 Å². The summed E-state index contributed by atoms with van der Waals surface area (Å²) in [5, 5.41) is 9.69. The summed E-state index contributed by atoms with van der Waals surface area (Å²) >= 11 is 5.82. The molecule has 0 aromatic heterocycles. The van der Waals surface area contributed by atoms with Gasteiger partial charge in [0.15, 0.2) is 6.61 Å². The Balaban J connectivity index is 1.45. The predicted molar refractivity (Wildman–Crippen MR) is 132 cm³/mol. The first-order valence-corrected chi connectivity index (χ1v) is 10.7. The minimum Gasteiger partial charge on any atom is -0.484 e. The Kier molecular flexibility index (Phi) is 8.37.